The summed E-state index contributed by atoms with van der Waals surface area (Å²) in [5.41, 5.74) is 6.60. The van der Waals surface area contributed by atoms with Crippen LogP contribution in [0.15, 0.2) is 24.3 Å². The minimum Gasteiger partial charge on any atom is -0.497 e. The molecule has 2 rings (SSSR count). The lowest BCUT2D eigenvalue weighted by molar-refractivity contribution is -0.123. The minimum absolute atomic E-state index is 0. The lowest BCUT2D eigenvalue weighted by Crippen LogP contribution is -2.41. The topological polar surface area (TPSA) is 64.3 Å². The highest BCUT2D eigenvalue weighted by molar-refractivity contribution is 5.85. The molecule has 2 unspecified atom stereocenters. The van der Waals surface area contributed by atoms with E-state index in [0.29, 0.717) is 0 Å². The van der Waals surface area contributed by atoms with Crippen molar-refractivity contribution >= 4 is 18.3 Å². The molecule has 0 aliphatic carbocycles. The second kappa shape index (κ2) is 6.61. The minimum atomic E-state index is -0.202. The van der Waals surface area contributed by atoms with Crippen LogP contribution < -0.4 is 15.8 Å². The van der Waals surface area contributed by atoms with Crippen LogP contribution in [0.3, 0.4) is 0 Å². The largest absolute Gasteiger partial charge is 0.497 e. The monoisotopic (exact) mass is 270 g/mol. The van der Waals surface area contributed by atoms with Crippen LogP contribution in [0.25, 0.3) is 0 Å². The van der Waals surface area contributed by atoms with Crippen molar-refractivity contribution in [3.63, 3.8) is 0 Å². The zero-order valence-electron chi connectivity index (χ0n) is 10.4. The Kier molecular flexibility index (Phi) is 5.44. The predicted molar refractivity (Wildman–Crippen MR) is 73.2 cm³/mol. The number of halogens is 1. The molecule has 18 heavy (non-hydrogen) atoms. The second-order valence-electron chi connectivity index (χ2n) is 4.38. The molecule has 1 aromatic carbocycles. The molecular weight excluding hydrogens is 252 g/mol. The first-order valence-electron chi connectivity index (χ1n) is 5.86. The van der Waals surface area contributed by atoms with Gasteiger partial charge in [0.1, 0.15) is 5.75 Å². The number of nitrogens with two attached hydrogens (primary N) is 1. The van der Waals surface area contributed by atoms with Gasteiger partial charge in [0, 0.05) is 18.4 Å². The van der Waals surface area contributed by atoms with Gasteiger partial charge in [-0.1, -0.05) is 12.1 Å². The molecule has 1 aromatic rings. The molecular formula is C13H19ClN2O2. The fraction of sp³-hybridized carbons (Fsp3) is 0.462. The molecule has 1 fully saturated rings. The summed E-state index contributed by atoms with van der Waals surface area (Å²) in [7, 11) is 1.64. The number of nitrogens with one attached hydrogen (secondary N) is 1. The van der Waals surface area contributed by atoms with E-state index in [9.17, 15) is 4.79 Å². The van der Waals surface area contributed by atoms with E-state index in [1.807, 2.05) is 24.3 Å². The molecule has 1 aliphatic heterocycles. The van der Waals surface area contributed by atoms with Crippen LogP contribution >= 0.6 is 12.4 Å². The second-order valence-corrected chi connectivity index (χ2v) is 4.38. The summed E-state index contributed by atoms with van der Waals surface area (Å²) in [6.45, 7) is 1.67. The predicted octanol–water partition coefficient (Wildman–Crippen LogP) is 1.30. The van der Waals surface area contributed by atoms with Crippen molar-refractivity contribution in [2.24, 2.45) is 11.7 Å². The summed E-state index contributed by atoms with van der Waals surface area (Å²) in [6.07, 6.45) is 0.812. The molecule has 0 saturated carbocycles. The SMILES string of the molecule is COc1ccc(C2CNCCC2C(N)=O)cc1.Cl. The third-order valence-corrected chi connectivity index (χ3v) is 3.39. The number of rotatable bonds is 3. The molecule has 0 spiro atoms. The number of hydrogen-bond acceptors (Lipinski definition) is 3. The van der Waals surface area contributed by atoms with Gasteiger partial charge < -0.3 is 15.8 Å². The van der Waals surface area contributed by atoms with Crippen LogP contribution in [0.2, 0.25) is 0 Å². The van der Waals surface area contributed by atoms with Gasteiger partial charge in [-0.3, -0.25) is 4.79 Å². The van der Waals surface area contributed by atoms with Gasteiger partial charge in [0.2, 0.25) is 5.91 Å². The summed E-state index contributed by atoms with van der Waals surface area (Å²) in [6, 6.07) is 7.85. The summed E-state index contributed by atoms with van der Waals surface area (Å²) < 4.78 is 5.12. The van der Waals surface area contributed by atoms with Gasteiger partial charge in [0.05, 0.1) is 7.11 Å². The van der Waals surface area contributed by atoms with E-state index in [1.165, 1.54) is 0 Å². The Hall–Kier alpha value is -1.26. The van der Waals surface area contributed by atoms with Gasteiger partial charge in [-0.15, -0.1) is 12.4 Å². The van der Waals surface area contributed by atoms with Crippen molar-refractivity contribution < 1.29 is 9.53 Å². The van der Waals surface area contributed by atoms with Crippen LogP contribution in [-0.4, -0.2) is 26.1 Å². The Morgan fingerprint density at radius 2 is 2.06 bits per heavy atom. The Balaban J connectivity index is 0.00000162. The smallest absolute Gasteiger partial charge is 0.221 e. The number of benzene rings is 1. The summed E-state index contributed by atoms with van der Waals surface area (Å²) >= 11 is 0. The maximum absolute atomic E-state index is 11.4. The first-order chi connectivity index (χ1) is 8.22. The summed E-state index contributed by atoms with van der Waals surface area (Å²) in [5, 5.41) is 3.31. The maximum Gasteiger partial charge on any atom is 0.221 e. The van der Waals surface area contributed by atoms with Crippen molar-refractivity contribution in [1.29, 1.82) is 0 Å². The molecule has 100 valence electrons. The number of hydrogen-bond donors (Lipinski definition) is 2. The summed E-state index contributed by atoms with van der Waals surface area (Å²) in [4.78, 5) is 11.4. The van der Waals surface area contributed by atoms with Gasteiger partial charge in [0.15, 0.2) is 0 Å². The van der Waals surface area contributed by atoms with Crippen molar-refractivity contribution in [2.45, 2.75) is 12.3 Å². The number of carbonyl (C=O) groups is 1. The molecule has 0 radical (unpaired) electrons. The van der Waals surface area contributed by atoms with Crippen LogP contribution in [-0.2, 0) is 4.79 Å². The fourth-order valence-corrected chi connectivity index (χ4v) is 2.40. The van der Waals surface area contributed by atoms with Crippen LogP contribution in [0.1, 0.15) is 17.9 Å². The molecule has 0 aromatic heterocycles. The normalized spacial score (nSPS) is 22.9. The summed E-state index contributed by atoms with van der Waals surface area (Å²) in [5.74, 6) is 0.734. The zero-order chi connectivity index (χ0) is 12.3. The molecule has 5 heteroatoms. The van der Waals surface area contributed by atoms with E-state index < -0.39 is 0 Å². The lowest BCUT2D eigenvalue weighted by Gasteiger charge is -2.30. The van der Waals surface area contributed by atoms with Crippen molar-refractivity contribution in [3.05, 3.63) is 29.8 Å². The third kappa shape index (κ3) is 3.15. The van der Waals surface area contributed by atoms with Crippen LogP contribution in [0, 0.1) is 5.92 Å². The fourth-order valence-electron chi connectivity index (χ4n) is 2.40. The zero-order valence-corrected chi connectivity index (χ0v) is 11.2. The molecule has 3 N–H and O–H groups in total. The molecule has 1 aliphatic rings. The standard InChI is InChI=1S/C13H18N2O2.ClH/c1-17-10-4-2-9(3-5-10)12-8-15-7-6-11(12)13(14)16;/h2-5,11-12,15H,6-8H2,1H3,(H2,14,16);1H. The highest BCUT2D eigenvalue weighted by atomic mass is 35.5. The van der Waals surface area contributed by atoms with Crippen LogP contribution in [0.5, 0.6) is 5.75 Å². The molecule has 0 bridgehead atoms. The van der Waals surface area contributed by atoms with Crippen LogP contribution in [0.4, 0.5) is 0 Å². The van der Waals surface area contributed by atoms with Gasteiger partial charge in [0.25, 0.3) is 0 Å². The third-order valence-electron chi connectivity index (χ3n) is 3.39. The number of amides is 1. The van der Waals surface area contributed by atoms with Gasteiger partial charge >= 0.3 is 0 Å². The highest BCUT2D eigenvalue weighted by Gasteiger charge is 2.30. The Morgan fingerprint density at radius 3 is 2.61 bits per heavy atom. The van der Waals surface area contributed by atoms with Gasteiger partial charge in [-0.2, -0.15) is 0 Å². The number of primary amides is 1. The van der Waals surface area contributed by atoms with Gasteiger partial charge in [-0.05, 0) is 30.7 Å². The number of carbonyl (C=O) groups excluding carboxylic acids is 1. The quantitative estimate of drug-likeness (QED) is 0.870. The average molecular weight is 271 g/mol. The number of piperidine rings is 1. The molecule has 2 atom stereocenters. The Bertz CT molecular complexity index is 394. The molecule has 1 saturated heterocycles. The Labute approximate surface area is 113 Å². The molecule has 4 nitrogen and oxygen atoms in total. The van der Waals surface area contributed by atoms with Gasteiger partial charge in [-0.25, -0.2) is 0 Å². The van der Waals surface area contributed by atoms with E-state index in [1.54, 1.807) is 7.11 Å². The first-order valence-corrected chi connectivity index (χ1v) is 5.86. The van der Waals surface area contributed by atoms with E-state index in [4.69, 9.17) is 10.5 Å². The van der Waals surface area contributed by atoms with Crippen molar-refractivity contribution in [1.82, 2.24) is 5.32 Å². The van der Waals surface area contributed by atoms with E-state index >= 15 is 0 Å². The number of methoxy groups -OCH3 is 1. The molecule has 1 heterocycles. The lowest BCUT2D eigenvalue weighted by atomic mass is 9.81. The molecule has 1 amide bonds. The first kappa shape index (κ1) is 14.8. The average Bonchev–Trinajstić information content (AvgIpc) is 2.39. The highest BCUT2D eigenvalue weighted by Crippen LogP contribution is 2.30. The van der Waals surface area contributed by atoms with E-state index in [2.05, 4.69) is 5.32 Å². The van der Waals surface area contributed by atoms with Crippen molar-refractivity contribution in [3.8, 4) is 5.75 Å². The number of ether oxygens (including phenoxy) is 1. The maximum atomic E-state index is 11.4. The van der Waals surface area contributed by atoms with Crippen molar-refractivity contribution in [2.75, 3.05) is 20.2 Å². The Morgan fingerprint density at radius 1 is 1.39 bits per heavy atom. The van der Waals surface area contributed by atoms with E-state index in [0.717, 1.165) is 30.8 Å². The van der Waals surface area contributed by atoms with E-state index in [-0.39, 0.29) is 30.2 Å².